The summed E-state index contributed by atoms with van der Waals surface area (Å²) in [4.78, 5) is 8.27. The zero-order valence-electron chi connectivity index (χ0n) is 10.3. The Balaban J connectivity index is 2.31. The predicted octanol–water partition coefficient (Wildman–Crippen LogP) is 0.686. The molecule has 1 aromatic heterocycles. The van der Waals surface area contributed by atoms with Crippen LogP contribution in [0.3, 0.4) is 0 Å². The summed E-state index contributed by atoms with van der Waals surface area (Å²) in [6.07, 6.45) is 3.43. The van der Waals surface area contributed by atoms with Crippen LogP contribution in [0.15, 0.2) is 12.4 Å². The van der Waals surface area contributed by atoms with Gasteiger partial charge >= 0.3 is 0 Å². The van der Waals surface area contributed by atoms with E-state index in [4.69, 9.17) is 10.5 Å². The second-order valence-electron chi connectivity index (χ2n) is 3.63. The van der Waals surface area contributed by atoms with E-state index in [9.17, 15) is 0 Å². The van der Waals surface area contributed by atoms with Crippen LogP contribution in [0.1, 0.15) is 12.8 Å². The third kappa shape index (κ3) is 6.03. The van der Waals surface area contributed by atoms with Crippen LogP contribution >= 0.6 is 0 Å². The summed E-state index contributed by atoms with van der Waals surface area (Å²) in [6.45, 7) is 3.10. The Kier molecular flexibility index (Phi) is 7.01. The van der Waals surface area contributed by atoms with E-state index in [0.717, 1.165) is 44.2 Å². The number of hydrogen-bond donors (Lipinski definition) is 3. The smallest absolute Gasteiger partial charge is 0.131 e. The maximum atomic E-state index is 5.42. The number of hydrogen-bond acceptors (Lipinski definition) is 6. The number of nitrogens with zero attached hydrogens (tertiary/aromatic N) is 2. The van der Waals surface area contributed by atoms with Crippen molar-refractivity contribution in [1.29, 1.82) is 0 Å². The van der Waals surface area contributed by atoms with Crippen molar-refractivity contribution in [3.63, 3.8) is 0 Å². The molecule has 0 fully saturated rings. The molecule has 17 heavy (non-hydrogen) atoms. The van der Waals surface area contributed by atoms with Gasteiger partial charge in [0.1, 0.15) is 18.0 Å². The topological polar surface area (TPSA) is 85.1 Å². The van der Waals surface area contributed by atoms with Gasteiger partial charge in [0.2, 0.25) is 0 Å². The Morgan fingerprint density at radius 3 is 2.41 bits per heavy atom. The summed E-state index contributed by atoms with van der Waals surface area (Å²) in [5.41, 5.74) is 5.42. The fourth-order valence-electron chi connectivity index (χ4n) is 1.30. The highest BCUT2D eigenvalue weighted by atomic mass is 16.5. The van der Waals surface area contributed by atoms with Crippen molar-refractivity contribution < 1.29 is 4.74 Å². The molecular weight excluding hydrogens is 218 g/mol. The van der Waals surface area contributed by atoms with Gasteiger partial charge in [-0.3, -0.25) is 0 Å². The molecule has 6 nitrogen and oxygen atoms in total. The number of methoxy groups -OCH3 is 1. The van der Waals surface area contributed by atoms with Crippen molar-refractivity contribution in [1.82, 2.24) is 9.97 Å². The molecule has 0 atom stereocenters. The number of ether oxygens (including phenoxy) is 1. The standard InChI is InChI=1S/C11H21N5O/c1-17-7-3-6-14-11-8-10(15-9-16-11)13-5-2-4-12/h8-9H,2-7,12H2,1H3,(H2,13,14,15,16). The Morgan fingerprint density at radius 1 is 1.18 bits per heavy atom. The van der Waals surface area contributed by atoms with Crippen LogP contribution in [0.25, 0.3) is 0 Å². The molecule has 1 aromatic rings. The van der Waals surface area contributed by atoms with Crippen molar-refractivity contribution in [3.8, 4) is 0 Å². The molecular formula is C11H21N5O. The Bertz CT molecular complexity index is 308. The first-order valence-corrected chi connectivity index (χ1v) is 5.85. The fourth-order valence-corrected chi connectivity index (χ4v) is 1.30. The molecule has 6 heteroatoms. The fraction of sp³-hybridized carbons (Fsp3) is 0.636. The summed E-state index contributed by atoms with van der Waals surface area (Å²) < 4.78 is 4.97. The van der Waals surface area contributed by atoms with Crippen molar-refractivity contribution >= 4 is 11.6 Å². The first-order valence-electron chi connectivity index (χ1n) is 5.85. The number of aromatic nitrogens is 2. The average Bonchev–Trinajstić information content (AvgIpc) is 2.36. The predicted molar refractivity (Wildman–Crippen MR) is 69.2 cm³/mol. The summed E-state index contributed by atoms with van der Waals surface area (Å²) in [7, 11) is 1.70. The molecule has 4 N–H and O–H groups in total. The zero-order chi connectivity index (χ0) is 12.3. The number of nitrogens with one attached hydrogen (secondary N) is 2. The van der Waals surface area contributed by atoms with E-state index >= 15 is 0 Å². The maximum absolute atomic E-state index is 5.42. The van der Waals surface area contributed by atoms with E-state index in [2.05, 4.69) is 20.6 Å². The van der Waals surface area contributed by atoms with Gasteiger partial charge in [-0.1, -0.05) is 0 Å². The van der Waals surface area contributed by atoms with Gasteiger partial charge in [-0.2, -0.15) is 0 Å². The summed E-state index contributed by atoms with van der Waals surface area (Å²) in [5, 5.41) is 6.41. The molecule has 96 valence electrons. The molecule has 0 aliphatic rings. The highest BCUT2D eigenvalue weighted by Gasteiger charge is 1.97. The molecule has 0 unspecified atom stereocenters. The van der Waals surface area contributed by atoms with E-state index in [0.29, 0.717) is 6.54 Å². The first-order chi connectivity index (χ1) is 8.36. The highest BCUT2D eigenvalue weighted by Crippen LogP contribution is 2.08. The number of anilines is 2. The van der Waals surface area contributed by atoms with E-state index < -0.39 is 0 Å². The Morgan fingerprint density at radius 2 is 1.82 bits per heavy atom. The van der Waals surface area contributed by atoms with Crippen LogP contribution in [-0.4, -0.2) is 43.3 Å². The number of nitrogens with two attached hydrogens (primary N) is 1. The minimum atomic E-state index is 0.681. The Hall–Kier alpha value is -1.40. The van der Waals surface area contributed by atoms with Crippen molar-refractivity contribution in [2.75, 3.05) is 44.0 Å². The molecule has 0 spiro atoms. The lowest BCUT2D eigenvalue weighted by Gasteiger charge is -2.07. The molecule has 0 radical (unpaired) electrons. The van der Waals surface area contributed by atoms with Crippen LogP contribution in [0.2, 0.25) is 0 Å². The van der Waals surface area contributed by atoms with E-state index in [1.807, 2.05) is 6.07 Å². The molecule has 0 aliphatic heterocycles. The highest BCUT2D eigenvalue weighted by molar-refractivity contribution is 5.46. The van der Waals surface area contributed by atoms with Gasteiger partial charge in [-0.05, 0) is 19.4 Å². The normalized spacial score (nSPS) is 10.2. The van der Waals surface area contributed by atoms with Crippen molar-refractivity contribution in [3.05, 3.63) is 12.4 Å². The van der Waals surface area contributed by atoms with Crippen LogP contribution in [-0.2, 0) is 4.74 Å². The van der Waals surface area contributed by atoms with Gasteiger partial charge in [-0.15, -0.1) is 0 Å². The zero-order valence-corrected chi connectivity index (χ0v) is 10.3. The third-order valence-electron chi connectivity index (χ3n) is 2.19. The second-order valence-corrected chi connectivity index (χ2v) is 3.63. The van der Waals surface area contributed by atoms with Crippen LogP contribution in [0.5, 0.6) is 0 Å². The molecule has 1 rings (SSSR count). The minimum Gasteiger partial charge on any atom is -0.385 e. The van der Waals surface area contributed by atoms with Crippen LogP contribution < -0.4 is 16.4 Å². The lowest BCUT2D eigenvalue weighted by atomic mass is 10.4. The lowest BCUT2D eigenvalue weighted by molar-refractivity contribution is 0.198. The largest absolute Gasteiger partial charge is 0.385 e. The lowest BCUT2D eigenvalue weighted by Crippen LogP contribution is -2.10. The van der Waals surface area contributed by atoms with Crippen molar-refractivity contribution in [2.24, 2.45) is 5.73 Å². The van der Waals surface area contributed by atoms with Gasteiger partial charge < -0.3 is 21.1 Å². The molecule has 0 aliphatic carbocycles. The van der Waals surface area contributed by atoms with Gasteiger partial charge in [0.15, 0.2) is 0 Å². The molecule has 0 amide bonds. The summed E-state index contributed by atoms with van der Waals surface area (Å²) in [5.74, 6) is 1.65. The van der Waals surface area contributed by atoms with E-state index in [1.54, 1.807) is 13.4 Å². The third-order valence-corrected chi connectivity index (χ3v) is 2.19. The van der Waals surface area contributed by atoms with Gasteiger partial charge in [0.05, 0.1) is 0 Å². The molecule has 0 bridgehead atoms. The Labute approximate surface area is 102 Å². The molecule has 0 saturated heterocycles. The van der Waals surface area contributed by atoms with Crippen molar-refractivity contribution in [2.45, 2.75) is 12.8 Å². The monoisotopic (exact) mass is 239 g/mol. The van der Waals surface area contributed by atoms with Gasteiger partial charge in [0.25, 0.3) is 0 Å². The molecule has 0 aromatic carbocycles. The first kappa shape index (κ1) is 13.7. The minimum absolute atomic E-state index is 0.681. The van der Waals surface area contributed by atoms with Crippen LogP contribution in [0.4, 0.5) is 11.6 Å². The SMILES string of the molecule is COCCCNc1cc(NCCCN)ncn1. The molecule has 1 heterocycles. The van der Waals surface area contributed by atoms with E-state index in [1.165, 1.54) is 0 Å². The van der Waals surface area contributed by atoms with Gasteiger partial charge in [0, 0.05) is 32.9 Å². The average molecular weight is 239 g/mol. The molecule has 0 saturated carbocycles. The maximum Gasteiger partial charge on any atom is 0.131 e. The van der Waals surface area contributed by atoms with E-state index in [-0.39, 0.29) is 0 Å². The number of rotatable bonds is 9. The van der Waals surface area contributed by atoms with Gasteiger partial charge in [-0.25, -0.2) is 9.97 Å². The summed E-state index contributed by atoms with van der Waals surface area (Å²) in [6, 6.07) is 1.89. The quantitative estimate of drug-likeness (QED) is 0.550. The van der Waals surface area contributed by atoms with Crippen LogP contribution in [0, 0.1) is 0 Å². The summed E-state index contributed by atoms with van der Waals surface area (Å²) >= 11 is 0. The second kappa shape index (κ2) is 8.72.